The Morgan fingerprint density at radius 3 is 2.42 bits per heavy atom. The fourth-order valence-electron chi connectivity index (χ4n) is 2.52. The normalized spacial score (nSPS) is 10.5. The molecule has 0 spiro atoms. The van der Waals surface area contributed by atoms with Crippen molar-refractivity contribution < 1.29 is 4.79 Å². The summed E-state index contributed by atoms with van der Waals surface area (Å²) in [5, 5.41) is 7.19. The highest BCUT2D eigenvalue weighted by Gasteiger charge is 2.14. The Morgan fingerprint density at radius 2 is 1.71 bits per heavy atom. The monoisotopic (exact) mass is 320 g/mol. The quantitative estimate of drug-likeness (QED) is 0.710. The molecule has 0 bridgehead atoms. The van der Waals surface area contributed by atoms with Crippen molar-refractivity contribution in [3.63, 3.8) is 0 Å². The molecule has 0 unspecified atom stereocenters. The van der Waals surface area contributed by atoms with Gasteiger partial charge in [-0.05, 0) is 37.5 Å². The summed E-state index contributed by atoms with van der Waals surface area (Å²) in [4.78, 5) is 16.5. The largest absolute Gasteiger partial charge is 0.349 e. The van der Waals surface area contributed by atoms with Crippen molar-refractivity contribution in [2.45, 2.75) is 19.8 Å². The lowest BCUT2D eigenvalue weighted by atomic mass is 10.1. The fourth-order valence-corrected chi connectivity index (χ4v) is 2.52. The predicted molar refractivity (Wildman–Crippen MR) is 93.2 cm³/mol. The lowest BCUT2D eigenvalue weighted by Gasteiger charge is -2.03. The summed E-state index contributed by atoms with van der Waals surface area (Å²) >= 11 is 0. The number of aromatic nitrogens is 3. The minimum atomic E-state index is -0.235. The molecule has 0 aliphatic rings. The molecule has 1 N–H and O–H groups in total. The van der Waals surface area contributed by atoms with E-state index in [0.717, 1.165) is 18.5 Å². The molecule has 0 aliphatic carbocycles. The number of hydrogen-bond acceptors (Lipinski definition) is 3. The van der Waals surface area contributed by atoms with E-state index in [1.54, 1.807) is 4.68 Å². The molecule has 122 valence electrons. The molecule has 1 heterocycles. The summed E-state index contributed by atoms with van der Waals surface area (Å²) in [6, 6.07) is 19.9. The van der Waals surface area contributed by atoms with E-state index in [9.17, 15) is 4.79 Å². The molecule has 0 atom stereocenters. The Morgan fingerprint density at radius 1 is 1.04 bits per heavy atom. The topological polar surface area (TPSA) is 59.8 Å². The molecule has 5 nitrogen and oxygen atoms in total. The maximum Gasteiger partial charge on any atom is 0.290 e. The zero-order valence-corrected chi connectivity index (χ0v) is 13.6. The van der Waals surface area contributed by atoms with Crippen LogP contribution < -0.4 is 5.32 Å². The first-order valence-electron chi connectivity index (χ1n) is 8.05. The maximum absolute atomic E-state index is 12.2. The Hall–Kier alpha value is -2.95. The van der Waals surface area contributed by atoms with E-state index < -0.39 is 0 Å². The number of rotatable bonds is 6. The van der Waals surface area contributed by atoms with Crippen LogP contribution in [0.1, 0.15) is 28.4 Å². The smallest absolute Gasteiger partial charge is 0.290 e. The van der Waals surface area contributed by atoms with E-state index in [-0.39, 0.29) is 11.7 Å². The van der Waals surface area contributed by atoms with Gasteiger partial charge in [-0.1, -0.05) is 48.5 Å². The van der Waals surface area contributed by atoms with Gasteiger partial charge in [0.25, 0.3) is 5.91 Å². The van der Waals surface area contributed by atoms with Crippen molar-refractivity contribution in [2.24, 2.45) is 0 Å². The van der Waals surface area contributed by atoms with Gasteiger partial charge in [-0.15, -0.1) is 5.10 Å². The first-order valence-corrected chi connectivity index (χ1v) is 8.05. The van der Waals surface area contributed by atoms with Gasteiger partial charge in [-0.2, -0.15) is 0 Å². The second-order valence-corrected chi connectivity index (χ2v) is 5.58. The first kappa shape index (κ1) is 15.9. The number of aryl methyl sites for hydroxylation is 2. The number of benzene rings is 2. The van der Waals surface area contributed by atoms with Crippen LogP contribution in [0.25, 0.3) is 5.69 Å². The van der Waals surface area contributed by atoms with Crippen LogP contribution in [-0.4, -0.2) is 27.2 Å². The summed E-state index contributed by atoms with van der Waals surface area (Å²) in [5.41, 5.74) is 2.17. The van der Waals surface area contributed by atoms with Gasteiger partial charge >= 0.3 is 0 Å². The van der Waals surface area contributed by atoms with Crippen LogP contribution in [-0.2, 0) is 6.42 Å². The Labute approximate surface area is 141 Å². The average Bonchev–Trinajstić information content (AvgIpc) is 3.02. The van der Waals surface area contributed by atoms with Gasteiger partial charge in [0.15, 0.2) is 0 Å². The first-order chi connectivity index (χ1) is 11.7. The number of nitrogens with one attached hydrogen (secondary N) is 1. The third kappa shape index (κ3) is 3.87. The second-order valence-electron chi connectivity index (χ2n) is 5.58. The van der Waals surface area contributed by atoms with Crippen LogP contribution in [0.5, 0.6) is 0 Å². The highest BCUT2D eigenvalue weighted by Crippen LogP contribution is 2.09. The van der Waals surface area contributed by atoms with Crippen LogP contribution in [0.2, 0.25) is 0 Å². The summed E-state index contributed by atoms with van der Waals surface area (Å²) in [7, 11) is 0. The Balaban J connectivity index is 1.56. The van der Waals surface area contributed by atoms with Crippen molar-refractivity contribution in [3.8, 4) is 5.69 Å². The molecule has 2 aromatic carbocycles. The number of carbonyl (C=O) groups excluding carboxylic acids is 1. The number of carbonyl (C=O) groups is 1. The standard InChI is InChI=1S/C19H20N4O/c1-15-21-18(22-23(15)17-12-6-3-7-13-17)19(24)20-14-8-11-16-9-4-2-5-10-16/h2-7,9-10,12-13H,8,11,14H2,1H3,(H,20,24). The molecular weight excluding hydrogens is 300 g/mol. The Bertz CT molecular complexity index is 797. The average molecular weight is 320 g/mol. The van der Waals surface area contributed by atoms with E-state index >= 15 is 0 Å². The lowest BCUT2D eigenvalue weighted by molar-refractivity contribution is 0.0943. The number of para-hydroxylation sites is 1. The van der Waals surface area contributed by atoms with Crippen molar-refractivity contribution >= 4 is 5.91 Å². The van der Waals surface area contributed by atoms with Gasteiger partial charge < -0.3 is 5.32 Å². The number of hydrogen-bond donors (Lipinski definition) is 1. The summed E-state index contributed by atoms with van der Waals surface area (Å²) in [5.74, 6) is 0.660. The van der Waals surface area contributed by atoms with Gasteiger partial charge in [0.1, 0.15) is 5.82 Å². The molecule has 0 fully saturated rings. The molecule has 3 aromatic rings. The summed E-state index contributed by atoms with van der Waals surface area (Å²) < 4.78 is 1.68. The van der Waals surface area contributed by atoms with Gasteiger partial charge in [0.2, 0.25) is 5.82 Å². The number of amides is 1. The maximum atomic E-state index is 12.2. The van der Waals surface area contributed by atoms with Crippen molar-refractivity contribution in [2.75, 3.05) is 6.54 Å². The Kier molecular flexibility index (Phi) is 5.01. The third-order valence-corrected chi connectivity index (χ3v) is 3.74. The van der Waals surface area contributed by atoms with E-state index in [1.807, 2.05) is 55.5 Å². The van der Waals surface area contributed by atoms with Crippen molar-refractivity contribution in [1.29, 1.82) is 0 Å². The van der Waals surface area contributed by atoms with E-state index in [1.165, 1.54) is 5.56 Å². The van der Waals surface area contributed by atoms with E-state index in [4.69, 9.17) is 0 Å². The molecule has 0 saturated carbocycles. The van der Waals surface area contributed by atoms with E-state index in [2.05, 4.69) is 27.5 Å². The molecule has 24 heavy (non-hydrogen) atoms. The van der Waals surface area contributed by atoms with Crippen LogP contribution >= 0.6 is 0 Å². The van der Waals surface area contributed by atoms with Gasteiger partial charge in [0, 0.05) is 6.54 Å². The van der Waals surface area contributed by atoms with Crippen LogP contribution in [0, 0.1) is 6.92 Å². The van der Waals surface area contributed by atoms with Gasteiger partial charge in [0.05, 0.1) is 5.69 Å². The molecule has 1 aromatic heterocycles. The van der Waals surface area contributed by atoms with Gasteiger partial charge in [-0.25, -0.2) is 9.67 Å². The minimum absolute atomic E-state index is 0.205. The number of nitrogens with zero attached hydrogens (tertiary/aromatic N) is 3. The highest BCUT2D eigenvalue weighted by atomic mass is 16.2. The molecular formula is C19H20N4O. The van der Waals surface area contributed by atoms with Gasteiger partial charge in [-0.3, -0.25) is 4.79 Å². The van der Waals surface area contributed by atoms with Crippen LogP contribution in [0.15, 0.2) is 60.7 Å². The van der Waals surface area contributed by atoms with Crippen molar-refractivity contribution in [3.05, 3.63) is 77.9 Å². The molecule has 5 heteroatoms. The molecule has 1 amide bonds. The molecule has 0 aliphatic heterocycles. The minimum Gasteiger partial charge on any atom is -0.349 e. The zero-order valence-electron chi connectivity index (χ0n) is 13.6. The SMILES string of the molecule is Cc1nc(C(=O)NCCCc2ccccc2)nn1-c1ccccc1. The van der Waals surface area contributed by atoms with Crippen LogP contribution in [0.3, 0.4) is 0 Å². The molecule has 0 radical (unpaired) electrons. The summed E-state index contributed by atoms with van der Waals surface area (Å²) in [6.07, 6.45) is 1.82. The molecule has 3 rings (SSSR count). The fraction of sp³-hybridized carbons (Fsp3) is 0.211. The summed E-state index contributed by atoms with van der Waals surface area (Å²) in [6.45, 7) is 2.44. The van der Waals surface area contributed by atoms with Crippen molar-refractivity contribution in [1.82, 2.24) is 20.1 Å². The second kappa shape index (κ2) is 7.55. The van der Waals surface area contributed by atoms with Crippen LogP contribution in [0.4, 0.5) is 0 Å². The van der Waals surface area contributed by atoms with E-state index in [0.29, 0.717) is 12.4 Å². The highest BCUT2D eigenvalue weighted by molar-refractivity contribution is 5.90. The third-order valence-electron chi connectivity index (χ3n) is 3.74. The molecule has 0 saturated heterocycles. The lowest BCUT2D eigenvalue weighted by Crippen LogP contribution is -2.26. The predicted octanol–water partition coefficient (Wildman–Crippen LogP) is 2.94. The zero-order chi connectivity index (χ0) is 16.8.